The van der Waals surface area contributed by atoms with Gasteiger partial charge in [0.1, 0.15) is 5.69 Å². The van der Waals surface area contributed by atoms with Crippen molar-refractivity contribution < 1.29 is 9.85 Å². The molecule has 0 aromatic heterocycles. The van der Waals surface area contributed by atoms with E-state index in [1.165, 1.54) is 37.6 Å². The van der Waals surface area contributed by atoms with E-state index in [2.05, 4.69) is 17.5 Å². The quantitative estimate of drug-likeness (QED) is 0.297. The average molecular weight is 320 g/mol. The molecular formula is C15H20N4O4. The first kappa shape index (κ1) is 18.3. The third kappa shape index (κ3) is 6.68. The number of benzene rings is 1. The first-order chi connectivity index (χ1) is 11.1. The van der Waals surface area contributed by atoms with Crippen molar-refractivity contribution in [3.8, 4) is 0 Å². The maximum Gasteiger partial charge on any atom is 0.301 e. The minimum atomic E-state index is -0.686. The Morgan fingerprint density at radius 2 is 1.96 bits per heavy atom. The predicted molar refractivity (Wildman–Crippen MR) is 89.8 cm³/mol. The summed E-state index contributed by atoms with van der Waals surface area (Å²) in [4.78, 5) is 20.2. The normalized spacial score (nSPS) is 11.2. The third-order valence-corrected chi connectivity index (χ3v) is 3.09. The average Bonchev–Trinajstić information content (AvgIpc) is 2.53. The summed E-state index contributed by atoms with van der Waals surface area (Å²) in [7, 11) is 0. The summed E-state index contributed by atoms with van der Waals surface area (Å²) in [5.74, 6) is 0. The van der Waals surface area contributed by atoms with Gasteiger partial charge in [-0.15, -0.1) is 0 Å². The lowest BCUT2D eigenvalue weighted by Gasteiger charge is -2.01. The van der Waals surface area contributed by atoms with Gasteiger partial charge in [0.05, 0.1) is 15.9 Å². The highest BCUT2D eigenvalue weighted by Gasteiger charge is 2.18. The number of non-ortho nitro benzene ring substituents is 1. The van der Waals surface area contributed by atoms with Gasteiger partial charge in [0.15, 0.2) is 0 Å². The molecule has 0 aliphatic heterocycles. The van der Waals surface area contributed by atoms with Crippen molar-refractivity contribution in [1.82, 2.24) is 0 Å². The largest absolute Gasteiger partial charge is 0.301 e. The number of hydrogen-bond acceptors (Lipinski definition) is 6. The Balaban J connectivity index is 2.57. The van der Waals surface area contributed by atoms with Gasteiger partial charge in [-0.2, -0.15) is 5.10 Å². The molecule has 23 heavy (non-hydrogen) atoms. The Bertz CT molecular complexity index is 599. The molecule has 0 radical (unpaired) electrons. The summed E-state index contributed by atoms with van der Waals surface area (Å²) in [6.07, 6.45) is 10.9. The fourth-order valence-corrected chi connectivity index (χ4v) is 1.88. The summed E-state index contributed by atoms with van der Waals surface area (Å²) in [5, 5.41) is 25.4. The number of hydrazone groups is 1. The number of hydrogen-bond donors (Lipinski definition) is 1. The van der Waals surface area contributed by atoms with Crippen LogP contribution in [0.2, 0.25) is 0 Å². The van der Waals surface area contributed by atoms with E-state index in [9.17, 15) is 20.2 Å². The second kappa shape index (κ2) is 10.0. The molecule has 1 rings (SSSR count). The molecular weight excluding hydrogens is 300 g/mol. The number of nitro benzene ring substituents is 2. The van der Waals surface area contributed by atoms with E-state index < -0.39 is 9.85 Å². The van der Waals surface area contributed by atoms with Crippen LogP contribution in [0.3, 0.4) is 0 Å². The smallest absolute Gasteiger partial charge is 0.272 e. The molecule has 0 aliphatic carbocycles. The predicted octanol–water partition coefficient (Wildman–Crippen LogP) is 4.43. The SMILES string of the molecule is CCCCCC/C=C/C=NNc1ccc([N+](=O)[O-])cc1[N+](=O)[O-]. The first-order valence-corrected chi connectivity index (χ1v) is 7.43. The highest BCUT2D eigenvalue weighted by atomic mass is 16.6. The Morgan fingerprint density at radius 1 is 1.17 bits per heavy atom. The third-order valence-electron chi connectivity index (χ3n) is 3.09. The molecule has 0 spiro atoms. The van der Waals surface area contributed by atoms with E-state index in [1.807, 2.05) is 6.08 Å². The fourth-order valence-electron chi connectivity index (χ4n) is 1.88. The lowest BCUT2D eigenvalue weighted by Crippen LogP contribution is -1.98. The van der Waals surface area contributed by atoms with Crippen LogP contribution in [0.25, 0.3) is 0 Å². The number of nitrogens with zero attached hydrogens (tertiary/aromatic N) is 3. The van der Waals surface area contributed by atoms with E-state index in [4.69, 9.17) is 0 Å². The zero-order valence-corrected chi connectivity index (χ0v) is 13.0. The first-order valence-electron chi connectivity index (χ1n) is 7.43. The van der Waals surface area contributed by atoms with Gasteiger partial charge >= 0.3 is 5.69 Å². The Labute approximate surface area is 134 Å². The monoisotopic (exact) mass is 320 g/mol. The van der Waals surface area contributed by atoms with Gasteiger partial charge in [-0.05, 0) is 25.0 Å². The molecule has 0 amide bonds. The molecule has 0 atom stereocenters. The number of unbranched alkanes of at least 4 members (excludes halogenated alkanes) is 4. The lowest BCUT2D eigenvalue weighted by molar-refractivity contribution is -0.393. The Morgan fingerprint density at radius 3 is 2.61 bits per heavy atom. The minimum Gasteiger partial charge on any atom is -0.272 e. The lowest BCUT2D eigenvalue weighted by atomic mass is 10.1. The van der Waals surface area contributed by atoms with E-state index >= 15 is 0 Å². The number of rotatable bonds is 10. The Kier molecular flexibility index (Phi) is 7.98. The molecule has 124 valence electrons. The van der Waals surface area contributed by atoms with Gasteiger partial charge in [0.2, 0.25) is 0 Å². The van der Waals surface area contributed by atoms with Crippen molar-refractivity contribution in [1.29, 1.82) is 0 Å². The van der Waals surface area contributed by atoms with E-state index in [-0.39, 0.29) is 17.1 Å². The molecule has 1 aromatic carbocycles. The Hall–Kier alpha value is -2.77. The van der Waals surface area contributed by atoms with Crippen molar-refractivity contribution in [2.75, 3.05) is 5.43 Å². The molecule has 8 heteroatoms. The van der Waals surface area contributed by atoms with Crippen LogP contribution < -0.4 is 5.43 Å². The maximum atomic E-state index is 10.9. The number of nitrogens with one attached hydrogen (secondary N) is 1. The van der Waals surface area contributed by atoms with E-state index in [0.29, 0.717) is 0 Å². The highest BCUT2D eigenvalue weighted by Crippen LogP contribution is 2.28. The number of anilines is 1. The van der Waals surface area contributed by atoms with Crippen molar-refractivity contribution in [3.63, 3.8) is 0 Å². The van der Waals surface area contributed by atoms with Gasteiger partial charge in [-0.3, -0.25) is 25.7 Å². The summed E-state index contributed by atoms with van der Waals surface area (Å²) in [5.41, 5.74) is 1.91. The minimum absolute atomic E-state index is 0.105. The van der Waals surface area contributed by atoms with E-state index in [1.54, 1.807) is 6.08 Å². The number of allylic oxidation sites excluding steroid dienone is 2. The summed E-state index contributed by atoms with van der Waals surface area (Å²) < 4.78 is 0. The standard InChI is InChI=1S/C15H20N4O4/c1-2-3-4-5-6-7-8-11-16-17-14-10-9-13(18(20)21)12-15(14)19(22)23/h7-12,17H,2-6H2,1H3/b8-7+,16-11?. The van der Waals surface area contributed by atoms with Crippen molar-refractivity contribution >= 4 is 23.3 Å². The highest BCUT2D eigenvalue weighted by molar-refractivity contribution is 5.73. The summed E-state index contributed by atoms with van der Waals surface area (Å²) in [6.45, 7) is 2.16. The van der Waals surface area contributed by atoms with E-state index in [0.717, 1.165) is 18.9 Å². The van der Waals surface area contributed by atoms with Gasteiger partial charge in [0, 0.05) is 12.3 Å². The molecule has 0 heterocycles. The fraction of sp³-hybridized carbons (Fsp3) is 0.400. The number of nitro groups is 2. The molecule has 0 saturated carbocycles. The second-order valence-electron chi connectivity index (χ2n) is 4.88. The van der Waals surface area contributed by atoms with Crippen molar-refractivity contribution in [2.45, 2.75) is 39.0 Å². The van der Waals surface area contributed by atoms with Crippen molar-refractivity contribution in [2.24, 2.45) is 5.10 Å². The van der Waals surface area contributed by atoms with Crippen molar-refractivity contribution in [3.05, 3.63) is 50.6 Å². The molecule has 0 aliphatic rings. The molecule has 1 N–H and O–H groups in total. The van der Waals surface area contributed by atoms with Crippen LogP contribution in [-0.2, 0) is 0 Å². The van der Waals surface area contributed by atoms with Crippen LogP contribution in [-0.4, -0.2) is 16.1 Å². The van der Waals surface area contributed by atoms with Gasteiger partial charge < -0.3 is 0 Å². The molecule has 0 saturated heterocycles. The van der Waals surface area contributed by atoms with Crippen LogP contribution in [0, 0.1) is 20.2 Å². The zero-order chi connectivity index (χ0) is 17.1. The molecule has 0 fully saturated rings. The van der Waals surface area contributed by atoms with Gasteiger partial charge in [0.25, 0.3) is 5.69 Å². The molecule has 8 nitrogen and oxygen atoms in total. The van der Waals surface area contributed by atoms with Crippen LogP contribution >= 0.6 is 0 Å². The van der Waals surface area contributed by atoms with Crippen LogP contribution in [0.4, 0.5) is 17.1 Å². The van der Waals surface area contributed by atoms with Gasteiger partial charge in [-0.1, -0.05) is 32.3 Å². The topological polar surface area (TPSA) is 111 Å². The molecule has 1 aromatic rings. The van der Waals surface area contributed by atoms with Crippen LogP contribution in [0.1, 0.15) is 39.0 Å². The molecule has 0 unspecified atom stereocenters. The summed E-state index contributed by atoms with van der Waals surface area (Å²) >= 11 is 0. The van der Waals surface area contributed by atoms with Crippen LogP contribution in [0.15, 0.2) is 35.5 Å². The second-order valence-corrected chi connectivity index (χ2v) is 4.88. The van der Waals surface area contributed by atoms with Gasteiger partial charge in [-0.25, -0.2) is 0 Å². The zero-order valence-electron chi connectivity index (χ0n) is 13.0. The molecule has 0 bridgehead atoms. The maximum absolute atomic E-state index is 10.9. The van der Waals surface area contributed by atoms with Crippen LogP contribution in [0.5, 0.6) is 0 Å². The summed E-state index contributed by atoms with van der Waals surface area (Å²) in [6, 6.07) is 3.36.